The maximum atomic E-state index is 15.1. The molecule has 1 aromatic heterocycles. The number of hydrogen-bond donors (Lipinski definition) is 2. The lowest BCUT2D eigenvalue weighted by Crippen LogP contribution is -2.69. The largest absolute Gasteiger partial charge is 0.421 e. The van der Waals surface area contributed by atoms with Crippen LogP contribution in [0.1, 0.15) is 32.2 Å². The van der Waals surface area contributed by atoms with Crippen LogP contribution in [0.4, 0.5) is 8.78 Å². The van der Waals surface area contributed by atoms with Crippen molar-refractivity contribution in [3.05, 3.63) is 41.5 Å². The van der Waals surface area contributed by atoms with E-state index in [0.717, 1.165) is 11.8 Å². The number of nitrogens with zero attached hydrogens (tertiary/aromatic N) is 2. The molecule has 0 radical (unpaired) electrons. The minimum Gasteiger partial charge on any atom is -0.421 e. The monoisotopic (exact) mass is 468 g/mol. The molecule has 0 aliphatic carbocycles. The fourth-order valence-electron chi connectivity index (χ4n) is 3.72. The molecule has 2 aliphatic rings. The summed E-state index contributed by atoms with van der Waals surface area (Å²) in [6.07, 6.45) is -0.241. The number of thioether (sulfide) groups is 1. The molecule has 7 nitrogen and oxygen atoms in total. The quantitative estimate of drug-likeness (QED) is 0.709. The van der Waals surface area contributed by atoms with Crippen molar-refractivity contribution >= 4 is 32.3 Å². The summed E-state index contributed by atoms with van der Waals surface area (Å²) >= 11 is 1.06. The molecule has 11 heteroatoms. The van der Waals surface area contributed by atoms with E-state index < -0.39 is 37.4 Å². The van der Waals surface area contributed by atoms with Crippen LogP contribution in [0.2, 0.25) is 0 Å². The van der Waals surface area contributed by atoms with E-state index in [1.807, 2.05) is 0 Å². The molecule has 1 saturated heterocycles. The van der Waals surface area contributed by atoms with Gasteiger partial charge in [-0.2, -0.15) is 0 Å². The SMILES string of the molecule is Cc1nnc(-c2ccc(F)c(C3=CC(F)C([C@]4(C)CS(=O)(=O)C(C)(C)C(=N)N4)S3)c2)o1. The Balaban J connectivity index is 1.65. The third kappa shape index (κ3) is 3.57. The number of amidine groups is 1. The molecule has 31 heavy (non-hydrogen) atoms. The van der Waals surface area contributed by atoms with Crippen LogP contribution < -0.4 is 5.32 Å². The van der Waals surface area contributed by atoms with Crippen molar-refractivity contribution in [1.82, 2.24) is 15.5 Å². The first-order valence-electron chi connectivity index (χ1n) is 9.56. The Labute approximate surface area is 183 Å². The highest BCUT2D eigenvalue weighted by Gasteiger charge is 2.55. The molecule has 0 bridgehead atoms. The summed E-state index contributed by atoms with van der Waals surface area (Å²) in [5, 5.41) is 17.9. The highest BCUT2D eigenvalue weighted by atomic mass is 32.2. The summed E-state index contributed by atoms with van der Waals surface area (Å²) in [5.74, 6) is -0.476. The lowest BCUT2D eigenvalue weighted by molar-refractivity contribution is 0.304. The molecule has 3 atom stereocenters. The molecule has 0 saturated carbocycles. The van der Waals surface area contributed by atoms with E-state index in [4.69, 9.17) is 9.83 Å². The van der Waals surface area contributed by atoms with E-state index in [9.17, 15) is 12.8 Å². The minimum absolute atomic E-state index is 0.168. The second kappa shape index (κ2) is 7.13. The zero-order valence-corrected chi connectivity index (χ0v) is 19.0. The summed E-state index contributed by atoms with van der Waals surface area (Å²) < 4.78 is 59.3. The van der Waals surface area contributed by atoms with Crippen molar-refractivity contribution in [3.63, 3.8) is 0 Å². The van der Waals surface area contributed by atoms with Gasteiger partial charge in [-0.3, -0.25) is 5.41 Å². The Bertz CT molecular complexity index is 1210. The number of sulfone groups is 1. The number of hydrogen-bond acceptors (Lipinski definition) is 7. The Morgan fingerprint density at radius 3 is 2.61 bits per heavy atom. The summed E-state index contributed by atoms with van der Waals surface area (Å²) in [4.78, 5) is 0.352. The van der Waals surface area contributed by atoms with Gasteiger partial charge in [-0.25, -0.2) is 17.2 Å². The van der Waals surface area contributed by atoms with Crippen molar-refractivity contribution < 1.29 is 21.6 Å². The molecule has 2 aliphatic heterocycles. The van der Waals surface area contributed by atoms with Crippen molar-refractivity contribution in [2.45, 2.75) is 49.4 Å². The number of alkyl halides is 1. The van der Waals surface area contributed by atoms with Gasteiger partial charge in [0, 0.05) is 23.0 Å². The Morgan fingerprint density at radius 1 is 1.29 bits per heavy atom. The predicted molar refractivity (Wildman–Crippen MR) is 116 cm³/mol. The molecule has 0 spiro atoms. The van der Waals surface area contributed by atoms with Crippen molar-refractivity contribution in [2.75, 3.05) is 5.75 Å². The van der Waals surface area contributed by atoms with E-state index in [2.05, 4.69) is 15.5 Å². The molecular formula is C20H22F2N4O3S2. The normalized spacial score (nSPS) is 29.5. The fraction of sp³-hybridized carbons (Fsp3) is 0.450. The van der Waals surface area contributed by atoms with Crippen LogP contribution in [0.25, 0.3) is 16.4 Å². The summed E-state index contributed by atoms with van der Waals surface area (Å²) in [7, 11) is -3.70. The molecule has 2 unspecified atom stereocenters. The van der Waals surface area contributed by atoms with Gasteiger partial charge >= 0.3 is 0 Å². The average Bonchev–Trinajstić information content (AvgIpc) is 3.26. The maximum absolute atomic E-state index is 15.1. The van der Waals surface area contributed by atoms with E-state index in [0.29, 0.717) is 16.4 Å². The van der Waals surface area contributed by atoms with E-state index in [-0.39, 0.29) is 23.0 Å². The van der Waals surface area contributed by atoms with E-state index in [1.165, 1.54) is 38.1 Å². The van der Waals surface area contributed by atoms with Gasteiger partial charge in [-0.1, -0.05) is 0 Å². The average molecular weight is 469 g/mol. The lowest BCUT2D eigenvalue weighted by Gasteiger charge is -2.46. The number of rotatable bonds is 3. The number of aromatic nitrogens is 2. The number of aryl methyl sites for hydroxylation is 1. The third-order valence-electron chi connectivity index (χ3n) is 5.77. The van der Waals surface area contributed by atoms with Gasteiger partial charge < -0.3 is 9.73 Å². The first-order valence-corrected chi connectivity index (χ1v) is 12.1. The van der Waals surface area contributed by atoms with Crippen molar-refractivity contribution in [2.24, 2.45) is 0 Å². The highest BCUT2D eigenvalue weighted by Crippen LogP contribution is 2.48. The molecule has 3 heterocycles. The highest BCUT2D eigenvalue weighted by molar-refractivity contribution is 8.09. The third-order valence-corrected chi connectivity index (χ3v) is 10.1. The number of benzene rings is 1. The maximum Gasteiger partial charge on any atom is 0.247 e. The van der Waals surface area contributed by atoms with Crippen LogP contribution in [0.5, 0.6) is 0 Å². The molecule has 1 aromatic carbocycles. The van der Waals surface area contributed by atoms with Crippen molar-refractivity contribution in [1.29, 1.82) is 5.41 Å². The van der Waals surface area contributed by atoms with Gasteiger partial charge in [0.05, 0.1) is 16.5 Å². The van der Waals surface area contributed by atoms with Crippen LogP contribution in [-0.2, 0) is 9.84 Å². The molecule has 166 valence electrons. The van der Waals surface area contributed by atoms with Gasteiger partial charge in [0.25, 0.3) is 0 Å². The van der Waals surface area contributed by atoms with Gasteiger partial charge in [-0.05, 0) is 45.0 Å². The predicted octanol–water partition coefficient (Wildman–Crippen LogP) is 3.51. The Morgan fingerprint density at radius 2 is 2.00 bits per heavy atom. The van der Waals surface area contributed by atoms with Crippen LogP contribution in [-0.4, -0.2) is 51.9 Å². The van der Waals surface area contributed by atoms with E-state index >= 15 is 4.39 Å². The fourth-order valence-corrected chi connectivity index (χ4v) is 6.97. The summed E-state index contributed by atoms with van der Waals surface area (Å²) in [5.41, 5.74) is -0.572. The molecule has 0 amide bonds. The lowest BCUT2D eigenvalue weighted by atomic mass is 9.94. The first kappa shape index (κ1) is 21.9. The molecule has 2 N–H and O–H groups in total. The standard InChI is InChI=1S/C20H22F2N4O3S2/c1-10-25-26-17(29-10)11-5-6-13(21)12(7-11)15-8-14(22)16(30-15)20(4)9-31(27,28)19(2,3)18(23)24-20/h5-8,14,16H,9H2,1-4H3,(H2,23,24)/t14?,16?,20-/m0/s1. The second-order valence-electron chi connectivity index (χ2n) is 8.52. The number of allylic oxidation sites excluding steroid dienone is 1. The second-order valence-corrected chi connectivity index (χ2v) is 12.2. The van der Waals surface area contributed by atoms with Crippen LogP contribution in [0.15, 0.2) is 28.7 Å². The first-order chi connectivity index (χ1) is 14.3. The van der Waals surface area contributed by atoms with Crippen LogP contribution in [0, 0.1) is 18.2 Å². The van der Waals surface area contributed by atoms with Gasteiger partial charge in [0.15, 0.2) is 9.84 Å². The molecule has 4 rings (SSSR count). The Hall–Kier alpha value is -2.27. The topological polar surface area (TPSA) is 109 Å². The number of nitrogens with one attached hydrogen (secondary N) is 2. The van der Waals surface area contributed by atoms with Crippen LogP contribution in [0.3, 0.4) is 0 Å². The smallest absolute Gasteiger partial charge is 0.247 e. The zero-order valence-electron chi connectivity index (χ0n) is 17.4. The van der Waals surface area contributed by atoms with Crippen LogP contribution >= 0.6 is 11.8 Å². The Kier molecular flexibility index (Phi) is 5.04. The number of halogens is 2. The van der Waals surface area contributed by atoms with Gasteiger partial charge in [-0.15, -0.1) is 22.0 Å². The zero-order chi connectivity index (χ0) is 22.8. The van der Waals surface area contributed by atoms with Gasteiger partial charge in [0.2, 0.25) is 11.8 Å². The summed E-state index contributed by atoms with van der Waals surface area (Å²) in [6.45, 7) is 6.13. The molecular weight excluding hydrogens is 446 g/mol. The van der Waals surface area contributed by atoms with E-state index in [1.54, 1.807) is 13.8 Å². The molecule has 2 aromatic rings. The van der Waals surface area contributed by atoms with Gasteiger partial charge in [0.1, 0.15) is 22.6 Å². The molecule has 1 fully saturated rings. The summed E-state index contributed by atoms with van der Waals surface area (Å²) in [6, 6.07) is 4.25. The van der Waals surface area contributed by atoms with Crippen molar-refractivity contribution in [3.8, 4) is 11.5 Å². The minimum atomic E-state index is -3.70.